The van der Waals surface area contributed by atoms with E-state index in [1.807, 2.05) is 55.3 Å². The van der Waals surface area contributed by atoms with E-state index in [2.05, 4.69) is 12.1 Å². The number of benzene rings is 2. The highest BCUT2D eigenvalue weighted by Gasteiger charge is 2.15. The van der Waals surface area contributed by atoms with Gasteiger partial charge in [0.1, 0.15) is 6.10 Å². The SMILES string of the molecule is Cc1ccc(CN(C)CCO)c(C(O)c2ccccc2)c1. The quantitative estimate of drug-likeness (QED) is 0.857. The van der Waals surface area contributed by atoms with E-state index in [0.29, 0.717) is 13.1 Å². The second kappa shape index (κ2) is 7.36. The summed E-state index contributed by atoms with van der Waals surface area (Å²) in [6, 6.07) is 15.9. The van der Waals surface area contributed by atoms with Gasteiger partial charge >= 0.3 is 0 Å². The fourth-order valence-corrected chi connectivity index (χ4v) is 2.47. The van der Waals surface area contributed by atoms with Crippen LogP contribution in [0.4, 0.5) is 0 Å². The number of likely N-dealkylation sites (N-methyl/N-ethyl adjacent to an activating group) is 1. The first kappa shape index (κ1) is 15.7. The molecule has 3 nitrogen and oxygen atoms in total. The van der Waals surface area contributed by atoms with E-state index in [-0.39, 0.29) is 6.61 Å². The van der Waals surface area contributed by atoms with Crippen LogP contribution >= 0.6 is 0 Å². The molecule has 0 aliphatic rings. The van der Waals surface area contributed by atoms with E-state index >= 15 is 0 Å². The Balaban J connectivity index is 2.31. The zero-order valence-corrected chi connectivity index (χ0v) is 12.7. The molecule has 0 saturated heterocycles. The van der Waals surface area contributed by atoms with Crippen LogP contribution in [0.2, 0.25) is 0 Å². The highest BCUT2D eigenvalue weighted by Crippen LogP contribution is 2.26. The zero-order valence-electron chi connectivity index (χ0n) is 12.7. The number of aliphatic hydroxyl groups excluding tert-OH is 2. The summed E-state index contributed by atoms with van der Waals surface area (Å²) in [6.45, 7) is 3.50. The molecule has 112 valence electrons. The minimum Gasteiger partial charge on any atom is -0.395 e. The van der Waals surface area contributed by atoms with Crippen LogP contribution in [-0.4, -0.2) is 35.3 Å². The van der Waals surface area contributed by atoms with Crippen molar-refractivity contribution in [1.82, 2.24) is 4.90 Å². The Morgan fingerprint density at radius 3 is 2.48 bits per heavy atom. The van der Waals surface area contributed by atoms with Crippen LogP contribution in [0.5, 0.6) is 0 Å². The average Bonchev–Trinajstić information content (AvgIpc) is 2.49. The largest absolute Gasteiger partial charge is 0.395 e. The number of hydrogen-bond acceptors (Lipinski definition) is 3. The monoisotopic (exact) mass is 285 g/mol. The van der Waals surface area contributed by atoms with E-state index in [0.717, 1.165) is 22.3 Å². The normalized spacial score (nSPS) is 12.6. The number of aryl methyl sites for hydroxylation is 1. The van der Waals surface area contributed by atoms with Gasteiger partial charge in [-0.3, -0.25) is 4.90 Å². The fourth-order valence-electron chi connectivity index (χ4n) is 2.47. The molecule has 21 heavy (non-hydrogen) atoms. The van der Waals surface area contributed by atoms with Gasteiger partial charge < -0.3 is 10.2 Å². The fraction of sp³-hybridized carbons (Fsp3) is 0.333. The molecule has 0 saturated carbocycles. The maximum absolute atomic E-state index is 10.7. The molecule has 2 aromatic carbocycles. The van der Waals surface area contributed by atoms with E-state index in [9.17, 15) is 5.11 Å². The first-order chi connectivity index (χ1) is 10.1. The van der Waals surface area contributed by atoms with Crippen molar-refractivity contribution in [3.05, 3.63) is 70.8 Å². The van der Waals surface area contributed by atoms with Crippen molar-refractivity contribution in [3.63, 3.8) is 0 Å². The van der Waals surface area contributed by atoms with Crippen molar-refractivity contribution in [2.24, 2.45) is 0 Å². The van der Waals surface area contributed by atoms with Crippen LogP contribution in [0.15, 0.2) is 48.5 Å². The molecule has 1 unspecified atom stereocenters. The molecule has 0 aromatic heterocycles. The summed E-state index contributed by atoms with van der Waals surface area (Å²) in [5.41, 5.74) is 4.06. The van der Waals surface area contributed by atoms with E-state index in [4.69, 9.17) is 5.11 Å². The molecule has 0 aliphatic carbocycles. The summed E-state index contributed by atoms with van der Waals surface area (Å²) in [4.78, 5) is 2.05. The van der Waals surface area contributed by atoms with Gasteiger partial charge in [0.25, 0.3) is 0 Å². The van der Waals surface area contributed by atoms with E-state index < -0.39 is 6.10 Å². The molecule has 0 bridgehead atoms. The van der Waals surface area contributed by atoms with Crippen LogP contribution in [0.1, 0.15) is 28.4 Å². The first-order valence-electron chi connectivity index (χ1n) is 7.23. The van der Waals surface area contributed by atoms with Gasteiger partial charge in [0, 0.05) is 13.1 Å². The third kappa shape index (κ3) is 4.14. The molecule has 2 rings (SSSR count). The minimum atomic E-state index is -0.622. The summed E-state index contributed by atoms with van der Waals surface area (Å²) in [7, 11) is 1.97. The van der Waals surface area contributed by atoms with Crippen molar-refractivity contribution < 1.29 is 10.2 Å². The van der Waals surface area contributed by atoms with Crippen LogP contribution < -0.4 is 0 Å². The van der Waals surface area contributed by atoms with Gasteiger partial charge in [0.15, 0.2) is 0 Å². The standard InChI is InChI=1S/C18H23NO2/c1-14-8-9-16(13-19(2)10-11-20)17(12-14)18(21)15-6-4-3-5-7-15/h3-9,12,18,20-21H,10-11,13H2,1-2H3. The van der Waals surface area contributed by atoms with Crippen molar-refractivity contribution in [2.45, 2.75) is 19.6 Å². The van der Waals surface area contributed by atoms with Gasteiger partial charge in [-0.15, -0.1) is 0 Å². The Kier molecular flexibility index (Phi) is 5.51. The van der Waals surface area contributed by atoms with E-state index in [1.54, 1.807) is 0 Å². The van der Waals surface area contributed by atoms with Crippen molar-refractivity contribution in [3.8, 4) is 0 Å². The van der Waals surface area contributed by atoms with Gasteiger partial charge in [0.05, 0.1) is 6.61 Å². The van der Waals surface area contributed by atoms with Crippen LogP contribution in [0.3, 0.4) is 0 Å². The summed E-state index contributed by atoms with van der Waals surface area (Å²) in [6.07, 6.45) is -0.622. The second-order valence-corrected chi connectivity index (χ2v) is 5.48. The zero-order chi connectivity index (χ0) is 15.2. The lowest BCUT2D eigenvalue weighted by molar-refractivity contribution is 0.206. The highest BCUT2D eigenvalue weighted by molar-refractivity contribution is 5.38. The lowest BCUT2D eigenvalue weighted by atomic mass is 9.95. The third-order valence-electron chi connectivity index (χ3n) is 3.63. The second-order valence-electron chi connectivity index (χ2n) is 5.48. The molecule has 1 atom stereocenters. The first-order valence-corrected chi connectivity index (χ1v) is 7.23. The molecule has 0 amide bonds. The van der Waals surface area contributed by atoms with Gasteiger partial charge in [-0.25, -0.2) is 0 Å². The summed E-state index contributed by atoms with van der Waals surface area (Å²) >= 11 is 0. The number of hydrogen-bond donors (Lipinski definition) is 2. The van der Waals surface area contributed by atoms with Gasteiger partial charge in [0.2, 0.25) is 0 Å². The molecule has 0 radical (unpaired) electrons. The van der Waals surface area contributed by atoms with Crippen molar-refractivity contribution in [1.29, 1.82) is 0 Å². The van der Waals surface area contributed by atoms with Gasteiger partial charge in [-0.05, 0) is 30.7 Å². The molecular formula is C18H23NO2. The Bertz CT molecular complexity index is 569. The Hall–Kier alpha value is -1.68. The molecular weight excluding hydrogens is 262 g/mol. The number of aliphatic hydroxyl groups is 2. The molecule has 0 fully saturated rings. The average molecular weight is 285 g/mol. The maximum atomic E-state index is 10.7. The summed E-state index contributed by atoms with van der Waals surface area (Å²) < 4.78 is 0. The molecule has 0 spiro atoms. The predicted octanol–water partition coefficient (Wildman–Crippen LogP) is 2.50. The van der Waals surface area contributed by atoms with Crippen LogP contribution in [0, 0.1) is 6.92 Å². The Labute approximate surface area is 126 Å². The Morgan fingerprint density at radius 1 is 1.10 bits per heavy atom. The number of nitrogens with zero attached hydrogens (tertiary/aromatic N) is 1. The van der Waals surface area contributed by atoms with Crippen LogP contribution in [0.25, 0.3) is 0 Å². The third-order valence-corrected chi connectivity index (χ3v) is 3.63. The Morgan fingerprint density at radius 2 is 1.81 bits per heavy atom. The summed E-state index contributed by atoms with van der Waals surface area (Å²) in [5.74, 6) is 0. The van der Waals surface area contributed by atoms with Gasteiger partial charge in [-0.2, -0.15) is 0 Å². The molecule has 0 heterocycles. The van der Waals surface area contributed by atoms with E-state index in [1.165, 1.54) is 0 Å². The topological polar surface area (TPSA) is 43.7 Å². The smallest absolute Gasteiger partial charge is 0.104 e. The maximum Gasteiger partial charge on any atom is 0.104 e. The molecule has 0 aliphatic heterocycles. The highest BCUT2D eigenvalue weighted by atomic mass is 16.3. The lowest BCUT2D eigenvalue weighted by Gasteiger charge is -2.21. The predicted molar refractivity (Wildman–Crippen MR) is 85.1 cm³/mol. The van der Waals surface area contributed by atoms with Gasteiger partial charge in [-0.1, -0.05) is 54.1 Å². The minimum absolute atomic E-state index is 0.138. The molecule has 2 aromatic rings. The molecule has 2 N–H and O–H groups in total. The van der Waals surface area contributed by atoms with Crippen LogP contribution in [-0.2, 0) is 6.54 Å². The summed E-state index contributed by atoms with van der Waals surface area (Å²) in [5, 5.41) is 19.7. The lowest BCUT2D eigenvalue weighted by Crippen LogP contribution is -2.22. The van der Waals surface area contributed by atoms with Crippen molar-refractivity contribution >= 4 is 0 Å². The molecule has 3 heteroatoms. The van der Waals surface area contributed by atoms with Crippen molar-refractivity contribution in [2.75, 3.05) is 20.2 Å². The number of rotatable bonds is 6.